The van der Waals surface area contributed by atoms with E-state index in [1.54, 1.807) is 0 Å². The number of hydrogen-bond donors (Lipinski definition) is 1. The molecular formula is C16H15BrO3. The minimum Gasteiger partial charge on any atom is -0.392 e. The van der Waals surface area contributed by atoms with Crippen LogP contribution < -0.4 is 0 Å². The highest BCUT2D eigenvalue weighted by Gasteiger charge is 2.40. The number of aliphatic hydroxyl groups is 1. The fourth-order valence-corrected chi connectivity index (χ4v) is 3.04. The van der Waals surface area contributed by atoms with Crippen LogP contribution in [-0.4, -0.2) is 18.3 Å². The zero-order valence-corrected chi connectivity index (χ0v) is 12.5. The standard InChI is InChI=1S/C16H15BrO3/c17-15-9-12(11-18)8-14(10-15)16(19-6-7-20-16)13-4-2-1-3-5-13/h1-5,8-10,18H,6-7,11H2. The molecule has 0 amide bonds. The van der Waals surface area contributed by atoms with Gasteiger partial charge in [0.2, 0.25) is 5.79 Å². The van der Waals surface area contributed by atoms with Crippen molar-refractivity contribution in [2.24, 2.45) is 0 Å². The Morgan fingerprint density at radius 1 is 1.00 bits per heavy atom. The van der Waals surface area contributed by atoms with Crippen LogP contribution in [0.15, 0.2) is 53.0 Å². The van der Waals surface area contributed by atoms with E-state index in [9.17, 15) is 5.11 Å². The molecule has 0 aliphatic carbocycles. The van der Waals surface area contributed by atoms with Gasteiger partial charge in [-0.05, 0) is 23.8 Å². The Kier molecular flexibility index (Phi) is 3.89. The summed E-state index contributed by atoms with van der Waals surface area (Å²) in [5.74, 6) is -0.880. The van der Waals surface area contributed by atoms with Crippen LogP contribution in [0.1, 0.15) is 16.7 Å². The maximum Gasteiger partial charge on any atom is 0.222 e. The van der Waals surface area contributed by atoms with Gasteiger partial charge in [0.1, 0.15) is 0 Å². The molecule has 1 aliphatic heterocycles. The molecule has 4 heteroatoms. The highest BCUT2D eigenvalue weighted by molar-refractivity contribution is 9.10. The van der Waals surface area contributed by atoms with E-state index < -0.39 is 5.79 Å². The molecule has 1 saturated heterocycles. The van der Waals surface area contributed by atoms with Crippen LogP contribution in [-0.2, 0) is 21.9 Å². The molecule has 104 valence electrons. The van der Waals surface area contributed by atoms with Gasteiger partial charge in [-0.15, -0.1) is 0 Å². The zero-order valence-electron chi connectivity index (χ0n) is 10.9. The van der Waals surface area contributed by atoms with E-state index in [-0.39, 0.29) is 6.61 Å². The number of aliphatic hydroxyl groups excluding tert-OH is 1. The van der Waals surface area contributed by atoms with Gasteiger partial charge in [-0.25, -0.2) is 0 Å². The summed E-state index contributed by atoms with van der Waals surface area (Å²) in [6.07, 6.45) is 0. The van der Waals surface area contributed by atoms with Crippen LogP contribution in [0.3, 0.4) is 0 Å². The van der Waals surface area contributed by atoms with Gasteiger partial charge in [0.15, 0.2) is 0 Å². The summed E-state index contributed by atoms with van der Waals surface area (Å²) in [4.78, 5) is 0. The fourth-order valence-electron chi connectivity index (χ4n) is 2.50. The second-order valence-corrected chi connectivity index (χ2v) is 5.60. The Morgan fingerprint density at radius 2 is 1.70 bits per heavy atom. The van der Waals surface area contributed by atoms with Crippen molar-refractivity contribution >= 4 is 15.9 Å². The molecule has 0 bridgehead atoms. The van der Waals surface area contributed by atoms with Gasteiger partial charge in [0, 0.05) is 15.6 Å². The molecule has 3 nitrogen and oxygen atoms in total. The Labute approximate surface area is 126 Å². The average Bonchev–Trinajstić information content (AvgIpc) is 2.98. The molecule has 0 unspecified atom stereocenters. The first-order valence-electron chi connectivity index (χ1n) is 6.49. The maximum atomic E-state index is 9.38. The monoisotopic (exact) mass is 334 g/mol. The lowest BCUT2D eigenvalue weighted by Gasteiger charge is -2.29. The number of ether oxygens (including phenoxy) is 2. The number of hydrogen-bond acceptors (Lipinski definition) is 3. The number of benzene rings is 2. The molecule has 0 spiro atoms. The predicted molar refractivity (Wildman–Crippen MR) is 79.2 cm³/mol. The van der Waals surface area contributed by atoms with Crippen molar-refractivity contribution in [2.75, 3.05) is 13.2 Å². The minimum absolute atomic E-state index is 0.0166. The first-order chi connectivity index (χ1) is 9.74. The van der Waals surface area contributed by atoms with Crippen molar-refractivity contribution in [1.29, 1.82) is 0 Å². The molecule has 20 heavy (non-hydrogen) atoms. The molecule has 2 aromatic rings. The molecule has 0 atom stereocenters. The van der Waals surface area contributed by atoms with E-state index in [2.05, 4.69) is 15.9 Å². The third-order valence-corrected chi connectivity index (χ3v) is 3.83. The van der Waals surface area contributed by atoms with Gasteiger partial charge >= 0.3 is 0 Å². The SMILES string of the molecule is OCc1cc(Br)cc(C2(c3ccccc3)OCCO2)c1. The molecule has 3 rings (SSSR count). The molecule has 0 saturated carbocycles. The largest absolute Gasteiger partial charge is 0.392 e. The first-order valence-corrected chi connectivity index (χ1v) is 7.28. The normalized spacial score (nSPS) is 17.3. The Balaban J connectivity index is 2.14. The van der Waals surface area contributed by atoms with E-state index in [1.807, 2.05) is 48.5 Å². The first kappa shape index (κ1) is 13.8. The van der Waals surface area contributed by atoms with E-state index in [0.29, 0.717) is 13.2 Å². The smallest absolute Gasteiger partial charge is 0.222 e. The van der Waals surface area contributed by atoms with Gasteiger partial charge < -0.3 is 14.6 Å². The van der Waals surface area contributed by atoms with Gasteiger partial charge in [-0.2, -0.15) is 0 Å². The third kappa shape index (κ3) is 2.40. The van der Waals surface area contributed by atoms with Crippen molar-refractivity contribution in [3.05, 3.63) is 69.7 Å². The Bertz CT molecular complexity index is 592. The average molecular weight is 335 g/mol. The van der Waals surface area contributed by atoms with Crippen molar-refractivity contribution < 1.29 is 14.6 Å². The molecule has 1 fully saturated rings. The molecule has 2 aromatic carbocycles. The van der Waals surface area contributed by atoms with Crippen LogP contribution >= 0.6 is 15.9 Å². The third-order valence-electron chi connectivity index (χ3n) is 3.37. The summed E-state index contributed by atoms with van der Waals surface area (Å²) in [5, 5.41) is 9.38. The van der Waals surface area contributed by atoms with Crippen LogP contribution in [0.25, 0.3) is 0 Å². The van der Waals surface area contributed by atoms with E-state index in [0.717, 1.165) is 21.2 Å². The van der Waals surface area contributed by atoms with Crippen LogP contribution in [0.4, 0.5) is 0 Å². The lowest BCUT2D eigenvalue weighted by Crippen LogP contribution is -2.28. The van der Waals surface area contributed by atoms with Crippen LogP contribution in [0.2, 0.25) is 0 Å². The summed E-state index contributed by atoms with van der Waals surface area (Å²) >= 11 is 3.48. The second-order valence-electron chi connectivity index (χ2n) is 4.69. The van der Waals surface area contributed by atoms with Crippen molar-refractivity contribution in [1.82, 2.24) is 0 Å². The summed E-state index contributed by atoms with van der Waals surface area (Å²) in [6, 6.07) is 15.7. The fraction of sp³-hybridized carbons (Fsp3) is 0.250. The maximum absolute atomic E-state index is 9.38. The van der Waals surface area contributed by atoms with E-state index in [1.165, 1.54) is 0 Å². The van der Waals surface area contributed by atoms with Gasteiger partial charge in [0.25, 0.3) is 0 Å². The van der Waals surface area contributed by atoms with Crippen LogP contribution in [0.5, 0.6) is 0 Å². The van der Waals surface area contributed by atoms with Crippen molar-refractivity contribution in [3.8, 4) is 0 Å². The van der Waals surface area contributed by atoms with Gasteiger partial charge in [-0.1, -0.05) is 46.3 Å². The lowest BCUT2D eigenvalue weighted by atomic mass is 9.96. The van der Waals surface area contributed by atoms with Crippen molar-refractivity contribution in [2.45, 2.75) is 12.4 Å². The van der Waals surface area contributed by atoms with E-state index in [4.69, 9.17) is 9.47 Å². The summed E-state index contributed by atoms with van der Waals surface area (Å²) < 4.78 is 12.8. The van der Waals surface area contributed by atoms with Gasteiger partial charge in [-0.3, -0.25) is 0 Å². The zero-order chi connectivity index (χ0) is 14.0. The Morgan fingerprint density at radius 3 is 2.35 bits per heavy atom. The van der Waals surface area contributed by atoms with Gasteiger partial charge in [0.05, 0.1) is 19.8 Å². The Hall–Kier alpha value is -1.20. The summed E-state index contributed by atoms with van der Waals surface area (Å²) in [5.41, 5.74) is 2.67. The van der Waals surface area contributed by atoms with E-state index >= 15 is 0 Å². The molecule has 1 heterocycles. The number of halogens is 1. The summed E-state index contributed by atoms with van der Waals surface area (Å²) in [7, 11) is 0. The second kappa shape index (κ2) is 5.66. The minimum atomic E-state index is -0.880. The molecule has 0 aromatic heterocycles. The summed E-state index contributed by atoms with van der Waals surface area (Å²) in [6.45, 7) is 1.09. The topological polar surface area (TPSA) is 38.7 Å². The van der Waals surface area contributed by atoms with Crippen molar-refractivity contribution in [3.63, 3.8) is 0 Å². The predicted octanol–water partition coefficient (Wildman–Crippen LogP) is 3.19. The quantitative estimate of drug-likeness (QED) is 0.936. The molecular weight excluding hydrogens is 320 g/mol. The lowest BCUT2D eigenvalue weighted by molar-refractivity contribution is -0.130. The molecule has 1 N–H and O–H groups in total. The number of rotatable bonds is 3. The molecule has 0 radical (unpaired) electrons. The highest BCUT2D eigenvalue weighted by atomic mass is 79.9. The highest BCUT2D eigenvalue weighted by Crippen LogP contribution is 2.39. The molecule has 1 aliphatic rings. The van der Waals surface area contributed by atoms with Crippen LogP contribution in [0, 0.1) is 0 Å².